The van der Waals surface area contributed by atoms with Crippen LogP contribution in [0.2, 0.25) is 0 Å². The van der Waals surface area contributed by atoms with Crippen LogP contribution in [0.15, 0.2) is 65.5 Å². The van der Waals surface area contributed by atoms with Gasteiger partial charge in [-0.05, 0) is 49.2 Å². The minimum Gasteiger partial charge on any atom is -0.497 e. The van der Waals surface area contributed by atoms with E-state index in [1.165, 1.54) is 28.9 Å². The molecule has 0 saturated carbocycles. The van der Waals surface area contributed by atoms with Gasteiger partial charge in [0.15, 0.2) is 0 Å². The van der Waals surface area contributed by atoms with E-state index < -0.39 is 4.92 Å². The Labute approximate surface area is 214 Å². The molecule has 2 heterocycles. The lowest BCUT2D eigenvalue weighted by molar-refractivity contribution is -0.384. The zero-order chi connectivity index (χ0) is 26.1. The van der Waals surface area contributed by atoms with Crippen LogP contribution < -0.4 is 15.2 Å². The van der Waals surface area contributed by atoms with E-state index in [1.807, 2.05) is 12.1 Å². The van der Waals surface area contributed by atoms with E-state index in [4.69, 9.17) is 9.72 Å². The number of ether oxygens (including phenoxy) is 1. The average Bonchev–Trinajstić information content (AvgIpc) is 2.91. The first-order valence-corrected chi connectivity index (χ1v) is 12.2. The lowest BCUT2D eigenvalue weighted by atomic mass is 10.1. The highest BCUT2D eigenvalue weighted by Crippen LogP contribution is 2.25. The summed E-state index contributed by atoms with van der Waals surface area (Å²) in [6.07, 6.45) is 0. The SMILES string of the molecule is COc1cccc(-n2c(CN3CCN(c4cccc(C)c4C)CC3)nc3ccc([N+](=O)[O-])cc3c2=O)c1. The third-order valence-electron chi connectivity index (χ3n) is 7.10. The first-order chi connectivity index (χ1) is 17.9. The van der Waals surface area contributed by atoms with Crippen LogP contribution in [-0.2, 0) is 6.54 Å². The summed E-state index contributed by atoms with van der Waals surface area (Å²) in [5, 5.41) is 11.6. The van der Waals surface area contributed by atoms with Crippen molar-refractivity contribution in [2.24, 2.45) is 0 Å². The molecule has 0 unspecified atom stereocenters. The van der Waals surface area contributed by atoms with Crippen molar-refractivity contribution in [2.75, 3.05) is 38.2 Å². The molecule has 9 heteroatoms. The van der Waals surface area contributed by atoms with Crippen LogP contribution in [0.25, 0.3) is 16.6 Å². The third-order valence-corrected chi connectivity index (χ3v) is 7.10. The van der Waals surface area contributed by atoms with Crippen molar-refractivity contribution in [3.05, 3.63) is 98.1 Å². The summed E-state index contributed by atoms with van der Waals surface area (Å²) in [6, 6.07) is 17.8. The van der Waals surface area contributed by atoms with Gasteiger partial charge in [-0.25, -0.2) is 4.98 Å². The topological polar surface area (TPSA) is 93.7 Å². The number of benzene rings is 3. The molecule has 1 fully saturated rings. The van der Waals surface area contributed by atoms with Crippen LogP contribution >= 0.6 is 0 Å². The van der Waals surface area contributed by atoms with E-state index in [1.54, 1.807) is 29.9 Å². The van der Waals surface area contributed by atoms with Gasteiger partial charge in [-0.2, -0.15) is 0 Å². The number of aromatic nitrogens is 2. The maximum absolute atomic E-state index is 13.7. The third kappa shape index (κ3) is 4.77. The fraction of sp³-hybridized carbons (Fsp3) is 0.286. The quantitative estimate of drug-likeness (QED) is 0.289. The molecule has 0 N–H and O–H groups in total. The Morgan fingerprint density at radius 3 is 2.49 bits per heavy atom. The zero-order valence-electron chi connectivity index (χ0n) is 21.2. The average molecular weight is 500 g/mol. The first-order valence-electron chi connectivity index (χ1n) is 12.2. The van der Waals surface area contributed by atoms with Crippen LogP contribution in [0.4, 0.5) is 11.4 Å². The normalized spacial score (nSPS) is 14.2. The molecule has 37 heavy (non-hydrogen) atoms. The van der Waals surface area contributed by atoms with Gasteiger partial charge in [0.1, 0.15) is 11.6 Å². The molecule has 0 amide bonds. The summed E-state index contributed by atoms with van der Waals surface area (Å²) >= 11 is 0. The predicted molar refractivity (Wildman–Crippen MR) is 144 cm³/mol. The molecule has 1 aliphatic rings. The largest absolute Gasteiger partial charge is 0.497 e. The molecule has 5 rings (SSSR count). The number of hydrogen-bond donors (Lipinski definition) is 0. The van der Waals surface area contributed by atoms with Crippen molar-refractivity contribution in [3.8, 4) is 11.4 Å². The number of piperazine rings is 1. The molecule has 0 atom stereocenters. The Morgan fingerprint density at radius 2 is 1.76 bits per heavy atom. The summed E-state index contributed by atoms with van der Waals surface area (Å²) in [5.41, 5.74) is 4.41. The Morgan fingerprint density at radius 1 is 1.00 bits per heavy atom. The maximum atomic E-state index is 13.7. The van der Waals surface area contributed by atoms with E-state index in [0.29, 0.717) is 29.3 Å². The summed E-state index contributed by atoms with van der Waals surface area (Å²) in [7, 11) is 1.57. The molecule has 0 bridgehead atoms. The molecule has 0 radical (unpaired) electrons. The van der Waals surface area contributed by atoms with Crippen LogP contribution in [0.1, 0.15) is 17.0 Å². The highest BCUT2D eigenvalue weighted by molar-refractivity contribution is 5.80. The molecule has 0 aliphatic carbocycles. The zero-order valence-corrected chi connectivity index (χ0v) is 21.2. The van der Waals surface area contributed by atoms with Crippen LogP contribution in [0.3, 0.4) is 0 Å². The molecule has 190 valence electrons. The Bertz CT molecular complexity index is 1540. The summed E-state index contributed by atoms with van der Waals surface area (Å²) in [6.45, 7) is 8.14. The minimum atomic E-state index is -0.502. The number of aryl methyl sites for hydroxylation is 1. The van der Waals surface area contributed by atoms with Gasteiger partial charge in [-0.3, -0.25) is 24.4 Å². The number of fused-ring (bicyclic) bond motifs is 1. The summed E-state index contributed by atoms with van der Waals surface area (Å²) in [5.74, 6) is 1.19. The van der Waals surface area contributed by atoms with Gasteiger partial charge >= 0.3 is 0 Å². The highest BCUT2D eigenvalue weighted by atomic mass is 16.6. The molecular formula is C28H29N5O4. The molecular weight excluding hydrogens is 470 g/mol. The van der Waals surface area contributed by atoms with E-state index in [0.717, 1.165) is 26.2 Å². The second-order valence-corrected chi connectivity index (χ2v) is 9.31. The molecule has 1 saturated heterocycles. The number of rotatable bonds is 6. The fourth-order valence-electron chi connectivity index (χ4n) is 4.88. The van der Waals surface area contributed by atoms with Crippen molar-refractivity contribution < 1.29 is 9.66 Å². The summed E-state index contributed by atoms with van der Waals surface area (Å²) in [4.78, 5) is 34.0. The van der Waals surface area contributed by atoms with Gasteiger partial charge in [0.2, 0.25) is 0 Å². The molecule has 9 nitrogen and oxygen atoms in total. The van der Waals surface area contributed by atoms with Gasteiger partial charge in [0.05, 0.1) is 35.2 Å². The van der Waals surface area contributed by atoms with Crippen molar-refractivity contribution in [3.63, 3.8) is 0 Å². The van der Waals surface area contributed by atoms with Crippen molar-refractivity contribution in [1.82, 2.24) is 14.5 Å². The number of non-ortho nitro benzene ring substituents is 1. The lowest BCUT2D eigenvalue weighted by Gasteiger charge is -2.37. The van der Waals surface area contributed by atoms with E-state index in [-0.39, 0.29) is 16.6 Å². The van der Waals surface area contributed by atoms with E-state index in [2.05, 4.69) is 41.8 Å². The number of nitrogens with zero attached hydrogens (tertiary/aromatic N) is 5. The second kappa shape index (κ2) is 10.0. The Kier molecular flexibility index (Phi) is 6.62. The van der Waals surface area contributed by atoms with E-state index in [9.17, 15) is 14.9 Å². The van der Waals surface area contributed by atoms with Gasteiger partial charge in [0, 0.05) is 50.1 Å². The highest BCUT2D eigenvalue weighted by Gasteiger charge is 2.22. The molecule has 3 aromatic carbocycles. The monoisotopic (exact) mass is 499 g/mol. The van der Waals surface area contributed by atoms with Crippen LogP contribution in [-0.4, -0.2) is 52.7 Å². The summed E-state index contributed by atoms with van der Waals surface area (Å²) < 4.78 is 6.92. The smallest absolute Gasteiger partial charge is 0.270 e. The van der Waals surface area contributed by atoms with Crippen LogP contribution in [0.5, 0.6) is 5.75 Å². The van der Waals surface area contributed by atoms with Gasteiger partial charge in [-0.15, -0.1) is 0 Å². The molecule has 1 aliphatic heterocycles. The Balaban J connectivity index is 1.50. The molecule has 4 aromatic rings. The molecule has 1 aromatic heterocycles. The lowest BCUT2D eigenvalue weighted by Crippen LogP contribution is -2.47. The standard InChI is InChI=1S/C28H29N5O4/c1-19-6-4-9-26(20(19)2)31-14-12-30(13-15-31)18-27-29-25-11-10-22(33(35)36)17-24(25)28(34)32(27)21-7-5-8-23(16-21)37-3/h4-11,16-17H,12-15,18H2,1-3H3. The minimum absolute atomic E-state index is 0.140. The predicted octanol–water partition coefficient (Wildman–Crippen LogP) is 4.24. The number of hydrogen-bond acceptors (Lipinski definition) is 7. The van der Waals surface area contributed by atoms with Crippen molar-refractivity contribution in [2.45, 2.75) is 20.4 Å². The van der Waals surface area contributed by atoms with Gasteiger partial charge < -0.3 is 9.64 Å². The fourth-order valence-corrected chi connectivity index (χ4v) is 4.88. The number of methoxy groups -OCH3 is 1. The number of anilines is 1. The van der Waals surface area contributed by atoms with Gasteiger partial charge in [-0.1, -0.05) is 18.2 Å². The van der Waals surface area contributed by atoms with Crippen molar-refractivity contribution in [1.29, 1.82) is 0 Å². The first kappa shape index (κ1) is 24.5. The number of nitro groups is 1. The molecule has 0 spiro atoms. The van der Waals surface area contributed by atoms with Crippen molar-refractivity contribution >= 4 is 22.3 Å². The Hall–Kier alpha value is -4.24. The maximum Gasteiger partial charge on any atom is 0.270 e. The van der Waals surface area contributed by atoms with Crippen LogP contribution in [0, 0.1) is 24.0 Å². The van der Waals surface area contributed by atoms with Gasteiger partial charge in [0.25, 0.3) is 11.2 Å². The van der Waals surface area contributed by atoms with E-state index >= 15 is 0 Å². The second-order valence-electron chi connectivity index (χ2n) is 9.31. The number of nitro benzene ring substituents is 1.